The Bertz CT molecular complexity index is 370. The third kappa shape index (κ3) is 1.82. The highest BCUT2D eigenvalue weighted by Crippen LogP contribution is 2.04. The molecule has 0 aliphatic carbocycles. The lowest BCUT2D eigenvalue weighted by Gasteiger charge is -1.96. The highest BCUT2D eigenvalue weighted by Gasteiger charge is 2.29. The zero-order valence-electron chi connectivity index (χ0n) is 8.10. The summed E-state index contributed by atoms with van der Waals surface area (Å²) in [6.45, 7) is 2.03. The molecule has 1 aromatic carbocycles. The number of hydrazine groups is 1. The van der Waals surface area contributed by atoms with Gasteiger partial charge in [0, 0.05) is 12.5 Å². The van der Waals surface area contributed by atoms with Crippen LogP contribution in [0.2, 0.25) is 0 Å². The van der Waals surface area contributed by atoms with Gasteiger partial charge in [-0.05, 0) is 12.1 Å². The summed E-state index contributed by atoms with van der Waals surface area (Å²) in [6, 6.07) is 10.2. The van der Waals surface area contributed by atoms with Gasteiger partial charge < -0.3 is 0 Å². The Hall–Kier alpha value is -1.64. The fraction of sp³-hybridized carbons (Fsp3) is 0.273. The molecule has 72 valence electrons. The molecule has 0 radical (unpaired) electrons. The summed E-state index contributed by atoms with van der Waals surface area (Å²) >= 11 is 0. The topological polar surface area (TPSA) is 32.1 Å². The molecular weight excluding hydrogens is 176 g/mol. The van der Waals surface area contributed by atoms with E-state index in [0.717, 1.165) is 5.56 Å². The van der Waals surface area contributed by atoms with Crippen LogP contribution >= 0.6 is 0 Å². The highest BCUT2D eigenvalue weighted by molar-refractivity contribution is 5.80. The molecule has 1 aromatic rings. The maximum atomic E-state index is 11.1. The monoisotopic (exact) mass is 189 g/mol. The summed E-state index contributed by atoms with van der Waals surface area (Å²) in [6.07, 6.45) is 2.53. The average Bonchev–Trinajstić information content (AvgIpc) is 2.47. The molecule has 1 heterocycles. The van der Waals surface area contributed by atoms with E-state index >= 15 is 0 Å². The Morgan fingerprint density at radius 2 is 2.14 bits per heavy atom. The van der Waals surface area contributed by atoms with Crippen molar-refractivity contribution >= 4 is 12.1 Å². The Balaban J connectivity index is 2.23. The van der Waals surface area contributed by atoms with Crippen LogP contribution in [-0.2, 0) is 4.79 Å². The summed E-state index contributed by atoms with van der Waals surface area (Å²) in [5.74, 6) is 0.0877. The van der Waals surface area contributed by atoms with E-state index in [9.17, 15) is 4.79 Å². The van der Waals surface area contributed by atoms with Gasteiger partial charge in [-0.15, -0.1) is 10.1 Å². The number of nitrogens with zero attached hydrogens (tertiary/aromatic N) is 1. The first-order chi connectivity index (χ1) is 6.75. The standard InChI is InChI=1S/C11H12N2O/c1-9-7-11(14)12-13(9)8-10-5-3-2-4-6-10/h2-6,8-9H,7H2,1H3/p+1. The van der Waals surface area contributed by atoms with Crippen molar-refractivity contribution in [2.75, 3.05) is 0 Å². The summed E-state index contributed by atoms with van der Waals surface area (Å²) < 4.78 is 1.86. The van der Waals surface area contributed by atoms with Crippen LogP contribution < -0.4 is 5.43 Å². The maximum absolute atomic E-state index is 11.1. The smallest absolute Gasteiger partial charge is 0.269 e. The lowest BCUT2D eigenvalue weighted by Crippen LogP contribution is -2.28. The molecule has 3 heteroatoms. The molecule has 0 bridgehead atoms. The molecule has 3 nitrogen and oxygen atoms in total. The van der Waals surface area contributed by atoms with E-state index in [1.807, 2.05) is 48.2 Å². The minimum atomic E-state index is 0.0877. The SMILES string of the molecule is CC1CC(=O)N[N+]1=Cc1ccccc1. The first kappa shape index (κ1) is 8.94. The zero-order chi connectivity index (χ0) is 9.97. The molecule has 1 unspecified atom stereocenters. The molecule has 0 aromatic heterocycles. The van der Waals surface area contributed by atoms with E-state index in [2.05, 4.69) is 5.43 Å². The summed E-state index contributed by atoms with van der Waals surface area (Å²) in [4.78, 5) is 11.1. The van der Waals surface area contributed by atoms with Gasteiger partial charge in [0.05, 0.1) is 6.42 Å². The minimum Gasteiger partial charge on any atom is -0.269 e. The van der Waals surface area contributed by atoms with E-state index in [1.54, 1.807) is 0 Å². The van der Waals surface area contributed by atoms with Crippen LogP contribution in [0, 0.1) is 0 Å². The fourth-order valence-corrected chi connectivity index (χ4v) is 1.53. The number of carbonyl (C=O) groups excluding carboxylic acids is 1. The zero-order valence-corrected chi connectivity index (χ0v) is 8.10. The number of benzene rings is 1. The predicted molar refractivity (Wildman–Crippen MR) is 54.1 cm³/mol. The number of carbonyl (C=O) groups is 1. The van der Waals surface area contributed by atoms with Crippen molar-refractivity contribution < 1.29 is 9.48 Å². The molecular formula is C11H13N2O+. The first-order valence-corrected chi connectivity index (χ1v) is 4.73. The number of nitrogens with one attached hydrogen (secondary N) is 1. The highest BCUT2D eigenvalue weighted by atomic mass is 16.2. The number of rotatable bonds is 1. The van der Waals surface area contributed by atoms with Gasteiger partial charge in [0.1, 0.15) is 0 Å². The van der Waals surface area contributed by atoms with Gasteiger partial charge in [-0.1, -0.05) is 18.2 Å². The van der Waals surface area contributed by atoms with Crippen LogP contribution in [0.5, 0.6) is 0 Å². The molecule has 2 rings (SSSR count). The summed E-state index contributed by atoms with van der Waals surface area (Å²) in [5, 5.41) is 0. The van der Waals surface area contributed by atoms with E-state index < -0.39 is 0 Å². The summed E-state index contributed by atoms with van der Waals surface area (Å²) in [7, 11) is 0. The van der Waals surface area contributed by atoms with Crippen molar-refractivity contribution in [1.29, 1.82) is 0 Å². The van der Waals surface area contributed by atoms with Gasteiger partial charge in [-0.3, -0.25) is 4.79 Å². The number of hydrazone groups is 1. The molecule has 14 heavy (non-hydrogen) atoms. The molecule has 1 amide bonds. The Morgan fingerprint density at radius 3 is 2.71 bits per heavy atom. The van der Waals surface area contributed by atoms with Gasteiger partial charge in [-0.25, -0.2) is 0 Å². The van der Waals surface area contributed by atoms with Gasteiger partial charge in [0.15, 0.2) is 6.04 Å². The van der Waals surface area contributed by atoms with Crippen LogP contribution in [0.4, 0.5) is 0 Å². The third-order valence-electron chi connectivity index (χ3n) is 2.30. The van der Waals surface area contributed by atoms with E-state index in [0.29, 0.717) is 6.42 Å². The van der Waals surface area contributed by atoms with Crippen molar-refractivity contribution in [3.05, 3.63) is 35.9 Å². The normalized spacial score (nSPS) is 23.9. The van der Waals surface area contributed by atoms with Crippen LogP contribution in [0.15, 0.2) is 30.3 Å². The van der Waals surface area contributed by atoms with E-state index in [-0.39, 0.29) is 11.9 Å². The van der Waals surface area contributed by atoms with Gasteiger partial charge in [-0.2, -0.15) is 0 Å². The number of hydrogen-bond acceptors (Lipinski definition) is 1. The Morgan fingerprint density at radius 1 is 1.43 bits per heavy atom. The van der Waals surface area contributed by atoms with Crippen molar-refractivity contribution in [2.45, 2.75) is 19.4 Å². The van der Waals surface area contributed by atoms with E-state index in [1.165, 1.54) is 0 Å². The van der Waals surface area contributed by atoms with Crippen molar-refractivity contribution in [3.8, 4) is 0 Å². The van der Waals surface area contributed by atoms with Crippen LogP contribution in [0.1, 0.15) is 18.9 Å². The molecule has 1 saturated heterocycles. The maximum Gasteiger partial charge on any atom is 0.281 e. The fourth-order valence-electron chi connectivity index (χ4n) is 1.53. The molecule has 1 atom stereocenters. The Kier molecular flexibility index (Phi) is 2.31. The molecule has 1 N–H and O–H groups in total. The van der Waals surface area contributed by atoms with Gasteiger partial charge in [0.25, 0.3) is 5.91 Å². The van der Waals surface area contributed by atoms with Crippen LogP contribution in [0.3, 0.4) is 0 Å². The molecule has 1 aliphatic heterocycles. The molecule has 1 fully saturated rings. The quantitative estimate of drug-likeness (QED) is 0.655. The van der Waals surface area contributed by atoms with Crippen molar-refractivity contribution in [3.63, 3.8) is 0 Å². The van der Waals surface area contributed by atoms with Gasteiger partial charge in [0.2, 0.25) is 6.21 Å². The third-order valence-corrected chi connectivity index (χ3v) is 2.30. The molecule has 1 aliphatic rings. The average molecular weight is 189 g/mol. The molecule has 0 saturated carbocycles. The van der Waals surface area contributed by atoms with Crippen LogP contribution in [-0.4, -0.2) is 22.8 Å². The van der Waals surface area contributed by atoms with Crippen molar-refractivity contribution in [2.24, 2.45) is 0 Å². The minimum absolute atomic E-state index is 0.0877. The largest absolute Gasteiger partial charge is 0.281 e. The second-order valence-electron chi connectivity index (χ2n) is 3.54. The van der Waals surface area contributed by atoms with Crippen molar-refractivity contribution in [1.82, 2.24) is 5.43 Å². The van der Waals surface area contributed by atoms with Gasteiger partial charge >= 0.3 is 0 Å². The molecule has 0 spiro atoms. The number of amides is 1. The second-order valence-corrected chi connectivity index (χ2v) is 3.54. The predicted octanol–water partition coefficient (Wildman–Crippen LogP) is 0.941. The first-order valence-electron chi connectivity index (χ1n) is 4.73. The van der Waals surface area contributed by atoms with E-state index in [4.69, 9.17) is 0 Å². The number of hydrogen-bond donors (Lipinski definition) is 1. The lowest BCUT2D eigenvalue weighted by atomic mass is 10.2. The lowest BCUT2D eigenvalue weighted by molar-refractivity contribution is -0.585. The Labute approximate surface area is 83.0 Å². The summed E-state index contributed by atoms with van der Waals surface area (Å²) in [5.41, 5.74) is 3.89. The second kappa shape index (κ2) is 3.62. The van der Waals surface area contributed by atoms with Crippen LogP contribution in [0.25, 0.3) is 0 Å².